The van der Waals surface area contributed by atoms with Crippen molar-refractivity contribution in [2.45, 2.75) is 13.8 Å². The lowest BCUT2D eigenvalue weighted by atomic mass is 10.2. The molecule has 5 nitrogen and oxygen atoms in total. The van der Waals surface area contributed by atoms with Crippen molar-refractivity contribution >= 4 is 11.9 Å². The molecule has 0 aliphatic carbocycles. The third kappa shape index (κ3) is 2.99. The highest BCUT2D eigenvalue weighted by atomic mass is 15.3. The van der Waals surface area contributed by atoms with Gasteiger partial charge in [0.25, 0.3) is 0 Å². The van der Waals surface area contributed by atoms with Crippen molar-refractivity contribution < 1.29 is 0 Å². The molecule has 1 aromatic heterocycles. The van der Waals surface area contributed by atoms with E-state index in [0.717, 1.165) is 18.7 Å². The lowest BCUT2D eigenvalue weighted by molar-refractivity contribution is 0.815. The Hall–Kier alpha value is -2.17. The highest BCUT2D eigenvalue weighted by Gasteiger charge is 2.11. The van der Waals surface area contributed by atoms with Crippen LogP contribution in [0.5, 0.6) is 0 Å². The normalized spacial score (nSPS) is 10.3. The quantitative estimate of drug-likeness (QED) is 0.891. The number of benzene rings is 1. The molecular weight excluding hydrogens is 238 g/mol. The molecule has 2 rings (SSSR count). The molecule has 1 heterocycles. The average molecular weight is 257 g/mol. The highest BCUT2D eigenvalue weighted by Crippen LogP contribution is 2.19. The fraction of sp³-hybridized carbons (Fsp3) is 0.357. The van der Waals surface area contributed by atoms with Crippen LogP contribution in [0.15, 0.2) is 30.3 Å². The number of anilines is 2. The van der Waals surface area contributed by atoms with Gasteiger partial charge < -0.3 is 10.2 Å². The zero-order chi connectivity index (χ0) is 13.7. The van der Waals surface area contributed by atoms with E-state index >= 15 is 0 Å². The fourth-order valence-electron chi connectivity index (χ4n) is 1.84. The van der Waals surface area contributed by atoms with Crippen molar-refractivity contribution in [2.24, 2.45) is 0 Å². The highest BCUT2D eigenvalue weighted by molar-refractivity contribution is 5.58. The number of hydrogen-bond acceptors (Lipinski definition) is 5. The Labute approximate surface area is 113 Å². The van der Waals surface area contributed by atoms with Crippen LogP contribution in [0.3, 0.4) is 0 Å². The molecule has 0 atom stereocenters. The lowest BCUT2D eigenvalue weighted by Crippen LogP contribution is -2.25. The zero-order valence-corrected chi connectivity index (χ0v) is 11.6. The van der Waals surface area contributed by atoms with E-state index < -0.39 is 0 Å². The second kappa shape index (κ2) is 6.13. The summed E-state index contributed by atoms with van der Waals surface area (Å²) >= 11 is 0. The molecule has 0 bridgehead atoms. The molecule has 0 spiro atoms. The van der Waals surface area contributed by atoms with Gasteiger partial charge in [-0.1, -0.05) is 30.3 Å². The minimum Gasteiger partial charge on any atom is -0.357 e. The Morgan fingerprint density at radius 3 is 2.26 bits per heavy atom. The molecular formula is C14H19N5. The molecule has 5 heteroatoms. The summed E-state index contributed by atoms with van der Waals surface area (Å²) < 4.78 is 0. The van der Waals surface area contributed by atoms with E-state index in [-0.39, 0.29) is 0 Å². The zero-order valence-electron chi connectivity index (χ0n) is 11.6. The van der Waals surface area contributed by atoms with Crippen LogP contribution in [0.2, 0.25) is 0 Å². The summed E-state index contributed by atoms with van der Waals surface area (Å²) in [5, 5.41) is 2.99. The van der Waals surface area contributed by atoms with Gasteiger partial charge in [0, 0.05) is 25.7 Å². The van der Waals surface area contributed by atoms with Gasteiger partial charge in [0.2, 0.25) is 11.9 Å². The van der Waals surface area contributed by atoms with E-state index in [4.69, 9.17) is 0 Å². The SMILES string of the molecule is CCN(CC)c1nc(NC)nc(-c2ccccc2)n1. The largest absolute Gasteiger partial charge is 0.357 e. The average Bonchev–Trinajstić information content (AvgIpc) is 2.49. The third-order valence-corrected chi connectivity index (χ3v) is 2.93. The van der Waals surface area contributed by atoms with Gasteiger partial charge in [-0.15, -0.1) is 0 Å². The van der Waals surface area contributed by atoms with Crippen molar-refractivity contribution in [1.29, 1.82) is 0 Å². The maximum atomic E-state index is 4.56. The summed E-state index contributed by atoms with van der Waals surface area (Å²) in [4.78, 5) is 15.5. The van der Waals surface area contributed by atoms with Crippen LogP contribution in [0.1, 0.15) is 13.8 Å². The molecule has 0 aliphatic rings. The molecule has 0 amide bonds. The van der Waals surface area contributed by atoms with Crippen LogP contribution in [0.25, 0.3) is 11.4 Å². The number of nitrogens with one attached hydrogen (secondary N) is 1. The molecule has 0 saturated carbocycles. The minimum absolute atomic E-state index is 0.593. The summed E-state index contributed by atoms with van der Waals surface area (Å²) in [6, 6.07) is 9.95. The topological polar surface area (TPSA) is 53.9 Å². The summed E-state index contributed by atoms with van der Waals surface area (Å²) in [5.41, 5.74) is 0.995. The summed E-state index contributed by atoms with van der Waals surface area (Å²) in [7, 11) is 1.82. The second-order valence-corrected chi connectivity index (χ2v) is 4.07. The van der Waals surface area contributed by atoms with Crippen LogP contribution >= 0.6 is 0 Å². The first-order valence-electron chi connectivity index (χ1n) is 6.52. The molecule has 19 heavy (non-hydrogen) atoms. The third-order valence-electron chi connectivity index (χ3n) is 2.93. The van der Waals surface area contributed by atoms with Gasteiger partial charge in [0.05, 0.1) is 0 Å². The Balaban J connectivity index is 2.47. The van der Waals surface area contributed by atoms with E-state index in [0.29, 0.717) is 17.7 Å². The second-order valence-electron chi connectivity index (χ2n) is 4.07. The van der Waals surface area contributed by atoms with Gasteiger partial charge in [-0.05, 0) is 13.8 Å². The first-order chi connectivity index (χ1) is 9.28. The van der Waals surface area contributed by atoms with E-state index in [1.807, 2.05) is 37.4 Å². The summed E-state index contributed by atoms with van der Waals surface area (Å²) in [6.45, 7) is 5.93. The van der Waals surface area contributed by atoms with Gasteiger partial charge in [-0.2, -0.15) is 15.0 Å². The van der Waals surface area contributed by atoms with Crippen LogP contribution in [-0.2, 0) is 0 Å². The molecule has 0 fully saturated rings. The Bertz CT molecular complexity index is 523. The number of nitrogens with zero attached hydrogens (tertiary/aromatic N) is 4. The molecule has 0 saturated heterocycles. The number of rotatable bonds is 5. The Morgan fingerprint density at radius 1 is 1.00 bits per heavy atom. The molecule has 0 unspecified atom stereocenters. The summed E-state index contributed by atoms with van der Waals surface area (Å²) in [6.07, 6.45) is 0. The molecule has 0 radical (unpaired) electrons. The van der Waals surface area contributed by atoms with Crippen LogP contribution < -0.4 is 10.2 Å². The van der Waals surface area contributed by atoms with Crippen molar-refractivity contribution in [3.05, 3.63) is 30.3 Å². The minimum atomic E-state index is 0.593. The molecule has 2 aromatic rings. The fourth-order valence-corrected chi connectivity index (χ4v) is 1.84. The van der Waals surface area contributed by atoms with Crippen molar-refractivity contribution in [1.82, 2.24) is 15.0 Å². The van der Waals surface area contributed by atoms with Gasteiger partial charge in [0.15, 0.2) is 5.82 Å². The van der Waals surface area contributed by atoms with Crippen molar-refractivity contribution in [3.63, 3.8) is 0 Å². The standard InChI is InChI=1S/C14H19N5/c1-4-19(5-2)14-17-12(16-13(15-3)18-14)11-9-7-6-8-10-11/h6-10H,4-5H2,1-3H3,(H,15,16,17,18). The molecule has 0 aliphatic heterocycles. The van der Waals surface area contributed by atoms with E-state index in [1.165, 1.54) is 0 Å². The molecule has 1 aromatic carbocycles. The van der Waals surface area contributed by atoms with Gasteiger partial charge in [-0.3, -0.25) is 0 Å². The van der Waals surface area contributed by atoms with Gasteiger partial charge in [-0.25, -0.2) is 0 Å². The lowest BCUT2D eigenvalue weighted by Gasteiger charge is -2.19. The van der Waals surface area contributed by atoms with E-state index in [1.54, 1.807) is 0 Å². The smallest absolute Gasteiger partial charge is 0.230 e. The van der Waals surface area contributed by atoms with Crippen molar-refractivity contribution in [3.8, 4) is 11.4 Å². The van der Waals surface area contributed by atoms with E-state index in [9.17, 15) is 0 Å². The number of hydrogen-bond donors (Lipinski definition) is 1. The predicted octanol–water partition coefficient (Wildman–Crippen LogP) is 2.43. The predicted molar refractivity (Wildman–Crippen MR) is 78.4 cm³/mol. The Morgan fingerprint density at radius 2 is 1.68 bits per heavy atom. The first-order valence-corrected chi connectivity index (χ1v) is 6.52. The van der Waals surface area contributed by atoms with Gasteiger partial charge in [0.1, 0.15) is 0 Å². The van der Waals surface area contributed by atoms with Crippen LogP contribution in [0.4, 0.5) is 11.9 Å². The van der Waals surface area contributed by atoms with Gasteiger partial charge >= 0.3 is 0 Å². The summed E-state index contributed by atoms with van der Waals surface area (Å²) in [5.74, 6) is 2.00. The molecule has 100 valence electrons. The monoisotopic (exact) mass is 257 g/mol. The maximum Gasteiger partial charge on any atom is 0.230 e. The van der Waals surface area contributed by atoms with Crippen LogP contribution in [0, 0.1) is 0 Å². The Kier molecular flexibility index (Phi) is 4.28. The van der Waals surface area contributed by atoms with Crippen LogP contribution in [-0.4, -0.2) is 35.1 Å². The first kappa shape index (κ1) is 13.3. The maximum absolute atomic E-state index is 4.56. The number of aromatic nitrogens is 3. The van der Waals surface area contributed by atoms with E-state index in [2.05, 4.69) is 39.0 Å². The molecule has 1 N–H and O–H groups in total. The van der Waals surface area contributed by atoms with Crippen molar-refractivity contribution in [2.75, 3.05) is 30.4 Å².